The first-order valence-electron chi connectivity index (χ1n) is 8.51. The molecule has 0 atom stereocenters. The summed E-state index contributed by atoms with van der Waals surface area (Å²) in [4.78, 5) is 12.6. The van der Waals surface area contributed by atoms with E-state index in [9.17, 15) is 4.79 Å². The van der Waals surface area contributed by atoms with Crippen molar-refractivity contribution in [2.45, 2.75) is 33.6 Å². The predicted octanol–water partition coefficient (Wildman–Crippen LogP) is 5.59. The average molecular weight is 413 g/mol. The number of carbonyl (C=O) groups excluding carboxylic acids is 1. The topological polar surface area (TPSA) is 44.1 Å². The number of hydrogen-bond donors (Lipinski definition) is 0. The lowest BCUT2D eigenvalue weighted by atomic mass is 10.1. The van der Waals surface area contributed by atoms with Crippen LogP contribution in [0.1, 0.15) is 46.9 Å². The molecule has 0 bridgehead atoms. The number of aryl methyl sites for hydroxylation is 2. The lowest BCUT2D eigenvalue weighted by molar-refractivity contribution is 0.0722. The fourth-order valence-electron chi connectivity index (χ4n) is 2.73. The first kappa shape index (κ1) is 18.4. The van der Waals surface area contributed by atoms with E-state index in [2.05, 4.69) is 40.9 Å². The molecule has 0 spiro atoms. The highest BCUT2D eigenvalue weighted by Crippen LogP contribution is 2.27. The van der Waals surface area contributed by atoms with E-state index in [1.165, 1.54) is 5.56 Å². The smallest absolute Gasteiger partial charge is 0.346 e. The number of nitrogens with zero attached hydrogens (tertiary/aromatic N) is 2. The van der Waals surface area contributed by atoms with Crippen LogP contribution in [0.3, 0.4) is 0 Å². The number of aromatic nitrogens is 2. The molecule has 0 aliphatic carbocycles. The van der Waals surface area contributed by atoms with Crippen LogP contribution in [0.25, 0.3) is 5.69 Å². The van der Waals surface area contributed by atoms with E-state index in [0.717, 1.165) is 16.9 Å². The second-order valence-corrected chi connectivity index (χ2v) is 7.49. The first-order chi connectivity index (χ1) is 12.4. The molecule has 26 heavy (non-hydrogen) atoms. The summed E-state index contributed by atoms with van der Waals surface area (Å²) in [5.74, 6) is 0.225. The van der Waals surface area contributed by atoms with Crippen molar-refractivity contribution in [2.24, 2.45) is 0 Å². The largest absolute Gasteiger partial charge is 0.404 e. The van der Waals surface area contributed by atoms with Crippen LogP contribution >= 0.6 is 15.9 Å². The summed E-state index contributed by atoms with van der Waals surface area (Å²) in [7, 11) is 0. The van der Waals surface area contributed by atoms with Gasteiger partial charge in [-0.25, -0.2) is 9.48 Å². The van der Waals surface area contributed by atoms with Crippen LogP contribution in [0.2, 0.25) is 0 Å². The van der Waals surface area contributed by atoms with Gasteiger partial charge in [0.05, 0.1) is 16.9 Å². The van der Waals surface area contributed by atoms with Gasteiger partial charge in [0.15, 0.2) is 0 Å². The van der Waals surface area contributed by atoms with E-state index in [1.54, 1.807) is 10.7 Å². The molecule has 5 heteroatoms. The maximum Gasteiger partial charge on any atom is 0.346 e. The summed E-state index contributed by atoms with van der Waals surface area (Å²) >= 11 is 3.40. The second kappa shape index (κ2) is 7.46. The van der Waals surface area contributed by atoms with Crippen molar-refractivity contribution < 1.29 is 9.53 Å². The minimum atomic E-state index is -0.418. The zero-order valence-electron chi connectivity index (χ0n) is 15.3. The Bertz CT molecular complexity index is 960. The van der Waals surface area contributed by atoms with Gasteiger partial charge >= 0.3 is 5.97 Å². The van der Waals surface area contributed by atoms with Crippen molar-refractivity contribution in [3.05, 3.63) is 75.4 Å². The van der Waals surface area contributed by atoms with Gasteiger partial charge in [-0.2, -0.15) is 5.10 Å². The lowest BCUT2D eigenvalue weighted by Gasteiger charge is -2.11. The van der Waals surface area contributed by atoms with E-state index in [4.69, 9.17) is 4.74 Å². The van der Waals surface area contributed by atoms with Gasteiger partial charge < -0.3 is 4.74 Å². The molecule has 2 aromatic carbocycles. The van der Waals surface area contributed by atoms with Crippen molar-refractivity contribution in [2.75, 3.05) is 0 Å². The molecule has 3 aromatic rings. The standard InChI is InChI=1S/C21H21BrN2O2/c1-13(2)18-12-20(26-21(25)16-7-5-6-8-17(16)22)24(23-18)19-10-9-14(3)11-15(19)4/h5-13H,1-4H3. The molecule has 0 N–H and O–H groups in total. The van der Waals surface area contributed by atoms with Crippen LogP contribution in [-0.4, -0.2) is 15.7 Å². The molecule has 4 nitrogen and oxygen atoms in total. The molecule has 0 fully saturated rings. The first-order valence-corrected chi connectivity index (χ1v) is 9.30. The lowest BCUT2D eigenvalue weighted by Crippen LogP contribution is -2.12. The summed E-state index contributed by atoms with van der Waals surface area (Å²) in [5.41, 5.74) is 4.50. The van der Waals surface area contributed by atoms with E-state index in [-0.39, 0.29) is 5.92 Å². The number of ether oxygens (including phenoxy) is 1. The molecule has 0 saturated heterocycles. The highest BCUT2D eigenvalue weighted by molar-refractivity contribution is 9.10. The molecule has 0 unspecified atom stereocenters. The van der Waals surface area contributed by atoms with Crippen molar-refractivity contribution in [3.63, 3.8) is 0 Å². The Morgan fingerprint density at radius 3 is 2.50 bits per heavy atom. The number of rotatable bonds is 4. The van der Waals surface area contributed by atoms with Gasteiger partial charge in [-0.05, 0) is 59.5 Å². The Kier molecular flexibility index (Phi) is 5.28. The van der Waals surface area contributed by atoms with Crippen molar-refractivity contribution in [3.8, 4) is 11.6 Å². The molecule has 3 rings (SSSR count). The SMILES string of the molecule is Cc1ccc(-n2nc(C(C)C)cc2OC(=O)c2ccccc2Br)c(C)c1. The minimum absolute atomic E-state index is 0.225. The van der Waals surface area contributed by atoms with Gasteiger partial charge in [0.25, 0.3) is 0 Å². The number of carbonyl (C=O) groups is 1. The maximum absolute atomic E-state index is 12.6. The van der Waals surface area contributed by atoms with Crippen LogP contribution in [0.15, 0.2) is 53.0 Å². The van der Waals surface area contributed by atoms with Crippen LogP contribution < -0.4 is 4.74 Å². The van der Waals surface area contributed by atoms with E-state index in [1.807, 2.05) is 50.2 Å². The summed E-state index contributed by atoms with van der Waals surface area (Å²) in [6.07, 6.45) is 0. The second-order valence-electron chi connectivity index (χ2n) is 6.63. The summed E-state index contributed by atoms with van der Waals surface area (Å²) < 4.78 is 8.12. The van der Waals surface area contributed by atoms with Gasteiger partial charge in [-0.3, -0.25) is 0 Å². The van der Waals surface area contributed by atoms with Crippen LogP contribution in [0.4, 0.5) is 0 Å². The van der Waals surface area contributed by atoms with Crippen molar-refractivity contribution in [1.29, 1.82) is 0 Å². The fourth-order valence-corrected chi connectivity index (χ4v) is 3.18. The van der Waals surface area contributed by atoms with Gasteiger partial charge in [0.1, 0.15) is 0 Å². The predicted molar refractivity (Wildman–Crippen MR) is 106 cm³/mol. The Hall–Kier alpha value is -2.40. The number of halogens is 1. The Labute approximate surface area is 161 Å². The van der Waals surface area contributed by atoms with Crippen LogP contribution in [-0.2, 0) is 0 Å². The van der Waals surface area contributed by atoms with Gasteiger partial charge in [0.2, 0.25) is 5.88 Å². The molecule has 0 aliphatic rings. The van der Waals surface area contributed by atoms with Crippen LogP contribution in [0.5, 0.6) is 5.88 Å². The average Bonchev–Trinajstić information content (AvgIpc) is 2.99. The van der Waals surface area contributed by atoms with Gasteiger partial charge in [-0.15, -0.1) is 0 Å². The highest BCUT2D eigenvalue weighted by atomic mass is 79.9. The molecule has 134 valence electrons. The quantitative estimate of drug-likeness (QED) is 0.524. The fraction of sp³-hybridized carbons (Fsp3) is 0.238. The van der Waals surface area contributed by atoms with Gasteiger partial charge in [0, 0.05) is 10.5 Å². The van der Waals surface area contributed by atoms with E-state index < -0.39 is 5.97 Å². The van der Waals surface area contributed by atoms with Crippen molar-refractivity contribution >= 4 is 21.9 Å². The zero-order valence-corrected chi connectivity index (χ0v) is 16.9. The zero-order chi connectivity index (χ0) is 18.8. The summed E-state index contributed by atoms with van der Waals surface area (Å²) in [6.45, 7) is 8.20. The van der Waals surface area contributed by atoms with Gasteiger partial charge in [-0.1, -0.05) is 43.7 Å². The number of esters is 1. The molecule has 1 aromatic heterocycles. The molecule has 0 aliphatic heterocycles. The third kappa shape index (κ3) is 3.73. The van der Waals surface area contributed by atoms with Crippen LogP contribution in [0, 0.1) is 13.8 Å². The van der Waals surface area contributed by atoms with Crippen molar-refractivity contribution in [1.82, 2.24) is 9.78 Å². The summed E-state index contributed by atoms with van der Waals surface area (Å²) in [5, 5.41) is 4.67. The molecular formula is C21H21BrN2O2. The Morgan fingerprint density at radius 1 is 1.12 bits per heavy atom. The highest BCUT2D eigenvalue weighted by Gasteiger charge is 2.19. The maximum atomic E-state index is 12.6. The summed E-state index contributed by atoms with van der Waals surface area (Å²) in [6, 6.07) is 15.2. The van der Waals surface area contributed by atoms with E-state index in [0.29, 0.717) is 15.9 Å². The Morgan fingerprint density at radius 2 is 1.85 bits per heavy atom. The number of hydrogen-bond acceptors (Lipinski definition) is 3. The third-order valence-corrected chi connectivity index (χ3v) is 4.85. The number of benzene rings is 2. The Balaban J connectivity index is 2.03. The normalized spacial score (nSPS) is 11.0. The molecule has 1 heterocycles. The monoisotopic (exact) mass is 412 g/mol. The third-order valence-electron chi connectivity index (χ3n) is 4.16. The molecule has 0 radical (unpaired) electrons. The molecular weight excluding hydrogens is 392 g/mol. The molecule has 0 amide bonds. The van der Waals surface area contributed by atoms with E-state index >= 15 is 0 Å². The minimum Gasteiger partial charge on any atom is -0.404 e. The molecule has 0 saturated carbocycles.